The number of esters is 1. The number of nitrogens with one attached hydrogen (secondary N) is 1. The molecule has 0 spiro atoms. The summed E-state index contributed by atoms with van der Waals surface area (Å²) in [7, 11) is 0.809. The molecule has 0 saturated carbocycles. The molecule has 2 aromatic carbocycles. The highest BCUT2D eigenvalue weighted by atomic mass is 19.1. The fraction of sp³-hybridized carbons (Fsp3) is 0.375. The van der Waals surface area contributed by atoms with Crippen LogP contribution < -0.4 is 15.5 Å². The largest absolute Gasteiger partial charge is 0.494 e. The zero-order chi connectivity index (χ0) is 23.1. The van der Waals surface area contributed by atoms with Crippen molar-refractivity contribution in [3.05, 3.63) is 59.4 Å². The maximum Gasteiger partial charge on any atom is 0.494 e. The molecule has 1 saturated heterocycles. The van der Waals surface area contributed by atoms with E-state index in [-0.39, 0.29) is 11.6 Å². The molecule has 2 heterocycles. The molecule has 2 aliphatic heterocycles. The van der Waals surface area contributed by atoms with E-state index in [1.807, 2.05) is 52.0 Å². The lowest BCUT2D eigenvalue weighted by atomic mass is 9.78. The molecule has 0 radical (unpaired) electrons. The minimum absolute atomic E-state index is 0.166. The van der Waals surface area contributed by atoms with Gasteiger partial charge < -0.3 is 24.1 Å². The molecular formula is C24H27BFNO5. The van der Waals surface area contributed by atoms with Crippen LogP contribution in [0.5, 0.6) is 5.75 Å². The van der Waals surface area contributed by atoms with Gasteiger partial charge in [-0.3, -0.25) is 0 Å². The second-order valence-corrected chi connectivity index (χ2v) is 8.99. The monoisotopic (exact) mass is 439 g/mol. The Kier molecular flexibility index (Phi) is 5.77. The first-order valence-corrected chi connectivity index (χ1v) is 10.5. The Hall–Kier alpha value is -2.84. The second-order valence-electron chi connectivity index (χ2n) is 8.99. The van der Waals surface area contributed by atoms with Crippen molar-refractivity contribution in [1.82, 2.24) is 0 Å². The number of anilines is 1. The summed E-state index contributed by atoms with van der Waals surface area (Å²) in [6, 6.07) is 10.7. The zero-order valence-corrected chi connectivity index (χ0v) is 18.9. The quantitative estimate of drug-likeness (QED) is 0.444. The van der Waals surface area contributed by atoms with Crippen LogP contribution in [0.1, 0.15) is 44.9 Å². The summed E-state index contributed by atoms with van der Waals surface area (Å²) in [6.45, 7) is 8.45. The van der Waals surface area contributed by atoms with Gasteiger partial charge in [-0.1, -0.05) is 24.3 Å². The Morgan fingerprint density at radius 2 is 1.91 bits per heavy atom. The smallest absolute Gasteiger partial charge is 0.489 e. The van der Waals surface area contributed by atoms with E-state index in [2.05, 4.69) is 10.1 Å². The zero-order valence-electron chi connectivity index (χ0n) is 18.9. The van der Waals surface area contributed by atoms with Crippen LogP contribution in [0.4, 0.5) is 10.1 Å². The summed E-state index contributed by atoms with van der Waals surface area (Å²) in [5, 5.41) is 3.35. The van der Waals surface area contributed by atoms with Gasteiger partial charge in [0.1, 0.15) is 18.2 Å². The van der Waals surface area contributed by atoms with Crippen LogP contribution in [0.3, 0.4) is 0 Å². The van der Waals surface area contributed by atoms with Crippen molar-refractivity contribution in [1.29, 1.82) is 0 Å². The van der Waals surface area contributed by atoms with Crippen molar-refractivity contribution >= 4 is 30.3 Å². The summed E-state index contributed by atoms with van der Waals surface area (Å²) in [4.78, 5) is 11.3. The Bertz CT molecular complexity index is 1050. The number of fused-ring (bicyclic) bond motifs is 1. The fourth-order valence-corrected chi connectivity index (χ4v) is 3.64. The topological polar surface area (TPSA) is 66.0 Å². The molecule has 32 heavy (non-hydrogen) atoms. The maximum absolute atomic E-state index is 14.5. The predicted molar refractivity (Wildman–Crippen MR) is 121 cm³/mol. The molecule has 1 unspecified atom stereocenters. The van der Waals surface area contributed by atoms with Gasteiger partial charge in [0.25, 0.3) is 0 Å². The SMILES string of the molecule is COC(=O)C=Cc1cc2c(cc1F)NC(c1cccc(B3OC(C)(C)C(C)(C)O3)c1)CO2. The Labute approximate surface area is 187 Å². The van der Waals surface area contributed by atoms with E-state index in [1.165, 1.54) is 25.3 Å². The molecule has 2 aromatic rings. The van der Waals surface area contributed by atoms with Gasteiger partial charge in [-0.2, -0.15) is 0 Å². The summed E-state index contributed by atoms with van der Waals surface area (Å²) < 4.78 is 37.3. The third-order valence-corrected chi connectivity index (χ3v) is 6.27. The highest BCUT2D eigenvalue weighted by Crippen LogP contribution is 2.38. The van der Waals surface area contributed by atoms with Gasteiger partial charge in [-0.25, -0.2) is 9.18 Å². The van der Waals surface area contributed by atoms with E-state index < -0.39 is 30.1 Å². The van der Waals surface area contributed by atoms with Gasteiger partial charge >= 0.3 is 13.1 Å². The van der Waals surface area contributed by atoms with Crippen LogP contribution in [0, 0.1) is 5.82 Å². The standard InChI is InChI=1S/C24H27BFNO5/c1-23(2)24(3,4)32-25(31-23)17-8-6-7-16(11-17)20-14-30-21-12-15(9-10-22(28)29-5)18(26)13-19(21)27-20/h6-13,20,27H,14H2,1-5H3. The second kappa shape index (κ2) is 8.26. The van der Waals surface area contributed by atoms with Crippen LogP contribution in [-0.2, 0) is 18.8 Å². The minimum atomic E-state index is -0.553. The number of carbonyl (C=O) groups is 1. The number of benzene rings is 2. The number of rotatable bonds is 4. The Balaban J connectivity index is 1.53. The molecule has 0 bridgehead atoms. The van der Waals surface area contributed by atoms with Crippen LogP contribution in [0.25, 0.3) is 6.08 Å². The number of carbonyl (C=O) groups excluding carboxylic acids is 1. The molecular weight excluding hydrogens is 412 g/mol. The van der Waals surface area contributed by atoms with E-state index in [4.69, 9.17) is 14.0 Å². The molecule has 2 aliphatic rings. The molecule has 1 fully saturated rings. The highest BCUT2D eigenvalue weighted by Gasteiger charge is 2.51. The Morgan fingerprint density at radius 3 is 2.59 bits per heavy atom. The van der Waals surface area contributed by atoms with Gasteiger partial charge in [-0.15, -0.1) is 0 Å². The van der Waals surface area contributed by atoms with Crippen molar-refractivity contribution in [3.8, 4) is 5.75 Å². The van der Waals surface area contributed by atoms with Crippen LogP contribution >= 0.6 is 0 Å². The third-order valence-electron chi connectivity index (χ3n) is 6.27. The van der Waals surface area contributed by atoms with Crippen LogP contribution in [-0.4, -0.2) is 38.0 Å². The first-order chi connectivity index (χ1) is 15.1. The molecule has 4 rings (SSSR count). The van der Waals surface area contributed by atoms with Gasteiger partial charge in [0.15, 0.2) is 0 Å². The molecule has 1 N–H and O–H groups in total. The minimum Gasteiger partial charge on any atom is -0.489 e. The molecule has 168 valence electrons. The van der Waals surface area contributed by atoms with Crippen molar-refractivity contribution < 1.29 is 28.0 Å². The average molecular weight is 439 g/mol. The highest BCUT2D eigenvalue weighted by molar-refractivity contribution is 6.62. The fourth-order valence-electron chi connectivity index (χ4n) is 3.64. The number of ether oxygens (including phenoxy) is 2. The van der Waals surface area contributed by atoms with Crippen LogP contribution in [0.15, 0.2) is 42.5 Å². The number of hydrogen-bond acceptors (Lipinski definition) is 6. The van der Waals surface area contributed by atoms with Gasteiger partial charge in [0.2, 0.25) is 0 Å². The van der Waals surface area contributed by atoms with Crippen molar-refractivity contribution in [2.24, 2.45) is 0 Å². The van der Waals surface area contributed by atoms with E-state index in [1.54, 1.807) is 6.07 Å². The van der Waals surface area contributed by atoms with Gasteiger partial charge in [-0.05, 0) is 50.9 Å². The molecule has 0 aromatic heterocycles. The third kappa shape index (κ3) is 4.25. The van der Waals surface area contributed by atoms with E-state index in [9.17, 15) is 9.18 Å². The summed E-state index contributed by atoms with van der Waals surface area (Å²) in [5.74, 6) is -0.496. The number of hydrogen-bond donors (Lipinski definition) is 1. The van der Waals surface area contributed by atoms with E-state index in [0.29, 0.717) is 18.0 Å². The first kappa shape index (κ1) is 22.4. The Morgan fingerprint density at radius 1 is 1.19 bits per heavy atom. The summed E-state index contributed by atoms with van der Waals surface area (Å²) in [6.07, 6.45) is 2.54. The van der Waals surface area contributed by atoms with Gasteiger partial charge in [0.05, 0.1) is 30.0 Å². The predicted octanol–water partition coefficient (Wildman–Crippen LogP) is 3.86. The molecule has 8 heteroatoms. The lowest BCUT2D eigenvalue weighted by Gasteiger charge is -2.32. The molecule has 1 atom stereocenters. The summed E-state index contributed by atoms with van der Waals surface area (Å²) in [5.41, 5.74) is 1.86. The van der Waals surface area contributed by atoms with Crippen molar-refractivity contribution in [3.63, 3.8) is 0 Å². The lowest BCUT2D eigenvalue weighted by molar-refractivity contribution is -0.134. The average Bonchev–Trinajstić information content (AvgIpc) is 2.98. The van der Waals surface area contributed by atoms with Crippen molar-refractivity contribution in [2.45, 2.75) is 44.9 Å². The van der Waals surface area contributed by atoms with Gasteiger partial charge in [0, 0.05) is 17.7 Å². The van der Waals surface area contributed by atoms with Crippen LogP contribution in [0.2, 0.25) is 0 Å². The number of halogens is 1. The molecule has 0 amide bonds. The normalized spacial score (nSPS) is 21.1. The summed E-state index contributed by atoms with van der Waals surface area (Å²) >= 11 is 0. The first-order valence-electron chi connectivity index (χ1n) is 10.5. The van der Waals surface area contributed by atoms with Crippen molar-refractivity contribution in [2.75, 3.05) is 19.0 Å². The van der Waals surface area contributed by atoms with E-state index >= 15 is 0 Å². The maximum atomic E-state index is 14.5. The molecule has 6 nitrogen and oxygen atoms in total. The van der Waals surface area contributed by atoms with E-state index in [0.717, 1.165) is 11.0 Å². The molecule has 0 aliphatic carbocycles. The number of methoxy groups -OCH3 is 1. The lowest BCUT2D eigenvalue weighted by Crippen LogP contribution is -2.41.